The molecule has 0 aromatic carbocycles. The Morgan fingerprint density at radius 2 is 2.55 bits per heavy atom. The Kier molecular flexibility index (Phi) is 2.15. The fourth-order valence-electron chi connectivity index (χ4n) is 1.01. The zero-order valence-electron chi connectivity index (χ0n) is 6.58. The first-order chi connectivity index (χ1) is 5.22. The van der Waals surface area contributed by atoms with Gasteiger partial charge in [-0.15, -0.1) is 0 Å². The Labute approximate surface area is 66.5 Å². The van der Waals surface area contributed by atoms with E-state index in [0.29, 0.717) is 12.2 Å². The van der Waals surface area contributed by atoms with Crippen LogP contribution in [0.25, 0.3) is 0 Å². The van der Waals surface area contributed by atoms with Crippen molar-refractivity contribution in [2.45, 2.75) is 12.0 Å². The Hall–Kier alpha value is -1.02. The van der Waals surface area contributed by atoms with Crippen LogP contribution in [0, 0.1) is 0 Å². The van der Waals surface area contributed by atoms with E-state index in [1.165, 1.54) is 0 Å². The highest BCUT2D eigenvalue weighted by Crippen LogP contribution is 2.24. The molecule has 1 aliphatic rings. The summed E-state index contributed by atoms with van der Waals surface area (Å²) in [6.07, 6.45) is 7.51. The van der Waals surface area contributed by atoms with Crippen molar-refractivity contribution in [1.29, 1.82) is 0 Å². The molecule has 0 saturated heterocycles. The number of ether oxygens (including phenoxy) is 1. The molecule has 0 spiro atoms. The molecule has 0 radical (unpaired) electrons. The lowest BCUT2D eigenvalue weighted by molar-refractivity contribution is 0.0746. The lowest BCUT2D eigenvalue weighted by atomic mass is 9.95. The van der Waals surface area contributed by atoms with Gasteiger partial charge in [-0.25, -0.2) is 0 Å². The topological polar surface area (TPSA) is 29.5 Å². The maximum atomic E-state index is 9.02. The maximum absolute atomic E-state index is 9.02. The SMILES string of the molecule is C=CC1(OC)C=CC(O)=CC1. The molecule has 0 bridgehead atoms. The molecular weight excluding hydrogens is 140 g/mol. The van der Waals surface area contributed by atoms with Crippen LogP contribution in [0.4, 0.5) is 0 Å². The summed E-state index contributed by atoms with van der Waals surface area (Å²) in [4.78, 5) is 0. The van der Waals surface area contributed by atoms with Gasteiger partial charge in [0, 0.05) is 13.5 Å². The van der Waals surface area contributed by atoms with Crippen LogP contribution in [0.3, 0.4) is 0 Å². The van der Waals surface area contributed by atoms with Crippen molar-refractivity contribution < 1.29 is 9.84 Å². The summed E-state index contributed by atoms with van der Waals surface area (Å²) in [7, 11) is 1.63. The van der Waals surface area contributed by atoms with E-state index in [0.717, 1.165) is 0 Å². The van der Waals surface area contributed by atoms with Crippen molar-refractivity contribution in [3.05, 3.63) is 36.6 Å². The summed E-state index contributed by atoms with van der Waals surface area (Å²) in [6, 6.07) is 0. The lowest BCUT2D eigenvalue weighted by Gasteiger charge is -2.25. The van der Waals surface area contributed by atoms with Gasteiger partial charge in [0.05, 0.1) is 0 Å². The number of allylic oxidation sites excluding steroid dienone is 1. The van der Waals surface area contributed by atoms with Crippen LogP contribution in [0.2, 0.25) is 0 Å². The Morgan fingerprint density at radius 3 is 2.91 bits per heavy atom. The van der Waals surface area contributed by atoms with Crippen LogP contribution in [-0.4, -0.2) is 17.8 Å². The second kappa shape index (κ2) is 2.93. The van der Waals surface area contributed by atoms with Gasteiger partial charge >= 0.3 is 0 Å². The summed E-state index contributed by atoms with van der Waals surface area (Å²) < 4.78 is 5.22. The molecule has 0 aliphatic heterocycles. The molecular formula is C9H12O2. The predicted molar refractivity (Wildman–Crippen MR) is 44.4 cm³/mol. The third kappa shape index (κ3) is 1.52. The van der Waals surface area contributed by atoms with E-state index in [-0.39, 0.29) is 0 Å². The van der Waals surface area contributed by atoms with Crippen LogP contribution in [0.15, 0.2) is 36.6 Å². The van der Waals surface area contributed by atoms with Crippen LogP contribution < -0.4 is 0 Å². The van der Waals surface area contributed by atoms with Gasteiger partial charge in [-0.05, 0) is 18.2 Å². The minimum Gasteiger partial charge on any atom is -0.508 e. The number of methoxy groups -OCH3 is 1. The van der Waals surface area contributed by atoms with Crippen LogP contribution >= 0.6 is 0 Å². The van der Waals surface area contributed by atoms with Gasteiger partial charge in [0.15, 0.2) is 0 Å². The third-order valence-electron chi connectivity index (χ3n) is 1.89. The maximum Gasteiger partial charge on any atom is 0.111 e. The molecule has 2 nitrogen and oxygen atoms in total. The molecule has 1 atom stereocenters. The highest BCUT2D eigenvalue weighted by Gasteiger charge is 2.23. The van der Waals surface area contributed by atoms with Gasteiger partial charge < -0.3 is 9.84 Å². The normalized spacial score (nSPS) is 29.7. The number of hydrogen-bond donors (Lipinski definition) is 1. The van der Waals surface area contributed by atoms with Crippen molar-refractivity contribution in [2.24, 2.45) is 0 Å². The van der Waals surface area contributed by atoms with Crippen molar-refractivity contribution >= 4 is 0 Å². The Bertz CT molecular complexity index is 216. The average Bonchev–Trinajstić information content (AvgIpc) is 2.07. The molecule has 60 valence electrons. The summed E-state index contributed by atoms with van der Waals surface area (Å²) in [5.41, 5.74) is -0.410. The molecule has 11 heavy (non-hydrogen) atoms. The highest BCUT2D eigenvalue weighted by atomic mass is 16.5. The van der Waals surface area contributed by atoms with Gasteiger partial charge in [-0.2, -0.15) is 0 Å². The first kappa shape index (κ1) is 8.08. The highest BCUT2D eigenvalue weighted by molar-refractivity contribution is 5.27. The molecule has 0 heterocycles. The zero-order valence-corrected chi connectivity index (χ0v) is 6.58. The van der Waals surface area contributed by atoms with Gasteiger partial charge in [0.1, 0.15) is 11.4 Å². The van der Waals surface area contributed by atoms with Crippen LogP contribution in [0.1, 0.15) is 6.42 Å². The van der Waals surface area contributed by atoms with Gasteiger partial charge in [0.2, 0.25) is 0 Å². The predicted octanol–water partition coefficient (Wildman–Crippen LogP) is 1.96. The third-order valence-corrected chi connectivity index (χ3v) is 1.89. The second-order valence-electron chi connectivity index (χ2n) is 2.53. The molecule has 1 unspecified atom stereocenters. The van der Waals surface area contributed by atoms with E-state index in [4.69, 9.17) is 9.84 Å². The number of rotatable bonds is 2. The first-order valence-electron chi connectivity index (χ1n) is 3.49. The van der Waals surface area contributed by atoms with Crippen molar-refractivity contribution in [3.63, 3.8) is 0 Å². The van der Waals surface area contributed by atoms with E-state index >= 15 is 0 Å². The van der Waals surface area contributed by atoms with Gasteiger partial charge in [-0.3, -0.25) is 0 Å². The quantitative estimate of drug-likeness (QED) is 0.613. The molecule has 0 aromatic rings. The summed E-state index contributed by atoms with van der Waals surface area (Å²) >= 11 is 0. The smallest absolute Gasteiger partial charge is 0.111 e. The van der Waals surface area contributed by atoms with E-state index in [9.17, 15) is 0 Å². The number of hydrogen-bond acceptors (Lipinski definition) is 2. The van der Waals surface area contributed by atoms with Crippen molar-refractivity contribution in [3.8, 4) is 0 Å². The van der Waals surface area contributed by atoms with Gasteiger partial charge in [-0.1, -0.05) is 12.7 Å². The fourth-order valence-corrected chi connectivity index (χ4v) is 1.01. The van der Waals surface area contributed by atoms with Gasteiger partial charge in [0.25, 0.3) is 0 Å². The monoisotopic (exact) mass is 152 g/mol. The number of aliphatic hydroxyl groups is 1. The van der Waals surface area contributed by atoms with E-state index < -0.39 is 5.60 Å². The lowest BCUT2D eigenvalue weighted by Crippen LogP contribution is -2.26. The molecule has 1 rings (SSSR count). The van der Waals surface area contributed by atoms with E-state index in [1.54, 1.807) is 31.4 Å². The number of aliphatic hydroxyl groups excluding tert-OH is 1. The van der Waals surface area contributed by atoms with E-state index in [1.807, 2.05) is 0 Å². The van der Waals surface area contributed by atoms with E-state index in [2.05, 4.69) is 6.58 Å². The minimum absolute atomic E-state index is 0.291. The molecule has 0 fully saturated rings. The van der Waals surface area contributed by atoms with Crippen molar-refractivity contribution in [1.82, 2.24) is 0 Å². The average molecular weight is 152 g/mol. The molecule has 1 N–H and O–H groups in total. The molecule has 2 heteroatoms. The molecule has 0 saturated carbocycles. The Morgan fingerprint density at radius 1 is 1.82 bits per heavy atom. The standard InChI is InChI=1S/C9H12O2/c1-3-9(11-2)6-4-8(10)5-7-9/h3-6,10H,1,7H2,2H3. The van der Waals surface area contributed by atoms with Crippen molar-refractivity contribution in [2.75, 3.05) is 7.11 Å². The summed E-state index contributed by atoms with van der Waals surface area (Å²) in [5.74, 6) is 0.291. The second-order valence-corrected chi connectivity index (χ2v) is 2.53. The minimum atomic E-state index is -0.410. The first-order valence-corrected chi connectivity index (χ1v) is 3.49. The fraction of sp³-hybridized carbons (Fsp3) is 0.333. The van der Waals surface area contributed by atoms with Crippen LogP contribution in [-0.2, 0) is 4.74 Å². The Balaban J connectivity index is 2.79. The largest absolute Gasteiger partial charge is 0.508 e. The zero-order chi connectivity index (χ0) is 8.32. The molecule has 0 aromatic heterocycles. The van der Waals surface area contributed by atoms with Crippen LogP contribution in [0.5, 0.6) is 0 Å². The molecule has 1 aliphatic carbocycles. The summed E-state index contributed by atoms with van der Waals surface area (Å²) in [6.45, 7) is 3.67. The molecule has 0 amide bonds. The summed E-state index contributed by atoms with van der Waals surface area (Å²) in [5, 5.41) is 9.02.